The van der Waals surface area contributed by atoms with Gasteiger partial charge >= 0.3 is 0 Å². The van der Waals surface area contributed by atoms with Crippen LogP contribution in [0.4, 0.5) is 0 Å². The maximum atomic E-state index is 3.84. The molecule has 0 radical (unpaired) electrons. The number of rotatable bonds is 0. The minimum atomic E-state index is 0.317. The Morgan fingerprint density at radius 2 is 1.88 bits per heavy atom. The summed E-state index contributed by atoms with van der Waals surface area (Å²) in [7, 11) is 0. The highest BCUT2D eigenvalue weighted by atomic mass is 15.3. The predicted molar refractivity (Wildman–Crippen MR) is 35.6 cm³/mol. The topological polar surface area (TPSA) is 3.01 Å². The van der Waals surface area contributed by atoms with Crippen molar-refractivity contribution in [2.75, 3.05) is 6.54 Å². The van der Waals surface area contributed by atoms with Gasteiger partial charge in [0.25, 0.3) is 0 Å². The van der Waals surface area contributed by atoms with E-state index in [1.165, 1.54) is 5.70 Å². The lowest BCUT2D eigenvalue weighted by atomic mass is 10.1. The summed E-state index contributed by atoms with van der Waals surface area (Å²) in [5.74, 6) is 0. The van der Waals surface area contributed by atoms with Crippen molar-refractivity contribution in [3.8, 4) is 0 Å². The Hall–Kier alpha value is -0.460. The number of hydrogen-bond acceptors (Lipinski definition) is 1. The Kier molecular flexibility index (Phi) is 0.905. The van der Waals surface area contributed by atoms with Crippen LogP contribution in [0.25, 0.3) is 0 Å². The zero-order chi connectivity index (χ0) is 6.36. The van der Waals surface area contributed by atoms with Gasteiger partial charge in [0, 0.05) is 11.2 Å². The molecule has 0 aromatic rings. The molecule has 0 saturated carbocycles. The highest BCUT2D eigenvalue weighted by Gasteiger charge is 2.32. The Balaban J connectivity index is 2.51. The van der Waals surface area contributed by atoms with Crippen LogP contribution in [0.1, 0.15) is 20.8 Å². The van der Waals surface area contributed by atoms with E-state index in [4.69, 9.17) is 0 Å². The molecule has 0 aromatic carbocycles. The summed E-state index contributed by atoms with van der Waals surface area (Å²) in [5, 5.41) is 0. The molecule has 0 spiro atoms. The van der Waals surface area contributed by atoms with Crippen LogP contribution in [0.2, 0.25) is 0 Å². The second-order valence-electron chi connectivity index (χ2n) is 3.32. The van der Waals surface area contributed by atoms with Crippen molar-refractivity contribution < 1.29 is 0 Å². The molecule has 0 N–H and O–H groups in total. The third-order valence-electron chi connectivity index (χ3n) is 1.43. The van der Waals surface area contributed by atoms with Crippen LogP contribution in [0.5, 0.6) is 0 Å². The second-order valence-corrected chi connectivity index (χ2v) is 3.32. The lowest BCUT2D eigenvalue weighted by molar-refractivity contribution is 0.326. The molecule has 1 heterocycles. The summed E-state index contributed by atoms with van der Waals surface area (Å²) >= 11 is 0. The van der Waals surface area contributed by atoms with Gasteiger partial charge in [0.2, 0.25) is 0 Å². The van der Waals surface area contributed by atoms with Crippen molar-refractivity contribution in [2.45, 2.75) is 26.3 Å². The molecule has 0 aromatic heterocycles. The molecule has 0 aliphatic carbocycles. The van der Waals surface area contributed by atoms with Gasteiger partial charge in [-0.1, -0.05) is 6.58 Å². The maximum absolute atomic E-state index is 3.84. The SMILES string of the molecule is C=C1CN1C(C)(C)C. The van der Waals surface area contributed by atoms with E-state index in [1.807, 2.05) is 0 Å². The standard InChI is InChI=1S/C7H13N/c1-6-5-8(6)7(2,3)4/h1,5H2,2-4H3. The van der Waals surface area contributed by atoms with Crippen LogP contribution in [-0.4, -0.2) is 17.0 Å². The molecule has 46 valence electrons. The zero-order valence-corrected chi connectivity index (χ0v) is 5.86. The van der Waals surface area contributed by atoms with E-state index in [1.54, 1.807) is 0 Å². The summed E-state index contributed by atoms with van der Waals surface area (Å²) in [4.78, 5) is 2.28. The first-order valence-electron chi connectivity index (χ1n) is 2.97. The molecule has 1 fully saturated rings. The molecule has 1 heteroatoms. The third-order valence-corrected chi connectivity index (χ3v) is 1.43. The summed E-state index contributed by atoms with van der Waals surface area (Å²) in [6.07, 6.45) is 0. The van der Waals surface area contributed by atoms with Crippen molar-refractivity contribution in [3.05, 3.63) is 12.3 Å². The van der Waals surface area contributed by atoms with Crippen LogP contribution >= 0.6 is 0 Å². The van der Waals surface area contributed by atoms with Gasteiger partial charge in [0.1, 0.15) is 0 Å². The average Bonchev–Trinajstić information content (AvgIpc) is 2.13. The van der Waals surface area contributed by atoms with Crippen LogP contribution in [0.3, 0.4) is 0 Å². The summed E-state index contributed by atoms with van der Waals surface area (Å²) in [5.41, 5.74) is 1.59. The van der Waals surface area contributed by atoms with Gasteiger partial charge < -0.3 is 4.90 Å². The lowest BCUT2D eigenvalue weighted by Crippen LogP contribution is -2.24. The van der Waals surface area contributed by atoms with Crippen molar-refractivity contribution >= 4 is 0 Å². The molecule has 0 atom stereocenters. The average molecular weight is 111 g/mol. The van der Waals surface area contributed by atoms with Gasteiger partial charge in [-0.05, 0) is 20.8 Å². The zero-order valence-electron chi connectivity index (χ0n) is 5.86. The van der Waals surface area contributed by atoms with Gasteiger partial charge in [-0.15, -0.1) is 0 Å². The van der Waals surface area contributed by atoms with E-state index in [-0.39, 0.29) is 0 Å². The summed E-state index contributed by atoms with van der Waals surface area (Å²) in [6.45, 7) is 11.5. The molecule has 1 aliphatic rings. The highest BCUT2D eigenvalue weighted by molar-refractivity contribution is 5.17. The minimum Gasteiger partial charge on any atom is -0.363 e. The molecule has 8 heavy (non-hydrogen) atoms. The fourth-order valence-corrected chi connectivity index (χ4v) is 0.859. The Bertz CT molecular complexity index is 119. The predicted octanol–water partition coefficient (Wildman–Crippen LogP) is 1.61. The van der Waals surface area contributed by atoms with Crippen LogP contribution in [-0.2, 0) is 0 Å². The van der Waals surface area contributed by atoms with Gasteiger partial charge in [0.15, 0.2) is 0 Å². The second kappa shape index (κ2) is 1.28. The Labute approximate surface area is 51.0 Å². The minimum absolute atomic E-state index is 0.317. The molecule has 0 bridgehead atoms. The summed E-state index contributed by atoms with van der Waals surface area (Å²) in [6, 6.07) is 0. The largest absolute Gasteiger partial charge is 0.363 e. The molecule has 1 aliphatic heterocycles. The molecule has 1 saturated heterocycles. The maximum Gasteiger partial charge on any atom is 0.0575 e. The van der Waals surface area contributed by atoms with Gasteiger partial charge in [0.05, 0.1) is 6.54 Å². The molecule has 1 rings (SSSR count). The van der Waals surface area contributed by atoms with E-state index in [9.17, 15) is 0 Å². The normalized spacial score (nSPS) is 19.4. The van der Waals surface area contributed by atoms with E-state index < -0.39 is 0 Å². The Morgan fingerprint density at radius 1 is 1.50 bits per heavy atom. The number of hydrogen-bond donors (Lipinski definition) is 0. The van der Waals surface area contributed by atoms with Crippen molar-refractivity contribution in [1.82, 2.24) is 4.90 Å². The van der Waals surface area contributed by atoms with Crippen LogP contribution < -0.4 is 0 Å². The number of nitrogens with zero attached hydrogens (tertiary/aromatic N) is 1. The van der Waals surface area contributed by atoms with Crippen molar-refractivity contribution in [2.24, 2.45) is 0 Å². The third kappa shape index (κ3) is 0.857. The first kappa shape index (κ1) is 5.67. The van der Waals surface area contributed by atoms with E-state index in [2.05, 4.69) is 32.3 Å². The quantitative estimate of drug-likeness (QED) is 0.429. The van der Waals surface area contributed by atoms with E-state index >= 15 is 0 Å². The first-order chi connectivity index (χ1) is 3.52. The van der Waals surface area contributed by atoms with Gasteiger partial charge in [-0.2, -0.15) is 0 Å². The first-order valence-corrected chi connectivity index (χ1v) is 2.97. The summed E-state index contributed by atoms with van der Waals surface area (Å²) < 4.78 is 0. The van der Waals surface area contributed by atoms with Crippen molar-refractivity contribution in [3.63, 3.8) is 0 Å². The van der Waals surface area contributed by atoms with Gasteiger partial charge in [-0.3, -0.25) is 0 Å². The lowest BCUT2D eigenvalue weighted by Gasteiger charge is -2.20. The van der Waals surface area contributed by atoms with Gasteiger partial charge in [-0.25, -0.2) is 0 Å². The smallest absolute Gasteiger partial charge is 0.0575 e. The van der Waals surface area contributed by atoms with Crippen LogP contribution in [0.15, 0.2) is 12.3 Å². The fourth-order valence-electron chi connectivity index (χ4n) is 0.859. The monoisotopic (exact) mass is 111 g/mol. The molecule has 1 nitrogen and oxygen atoms in total. The Morgan fingerprint density at radius 3 is 1.88 bits per heavy atom. The fraction of sp³-hybridized carbons (Fsp3) is 0.714. The highest BCUT2D eigenvalue weighted by Crippen LogP contribution is 2.30. The van der Waals surface area contributed by atoms with E-state index in [0.29, 0.717) is 5.54 Å². The van der Waals surface area contributed by atoms with Crippen molar-refractivity contribution in [1.29, 1.82) is 0 Å². The van der Waals surface area contributed by atoms with Crippen LogP contribution in [0, 0.1) is 0 Å². The molecular formula is C7H13N. The molecule has 0 unspecified atom stereocenters. The molecular weight excluding hydrogens is 98.1 g/mol. The molecule has 0 amide bonds. The van der Waals surface area contributed by atoms with E-state index in [0.717, 1.165) is 6.54 Å².